The fourth-order valence-electron chi connectivity index (χ4n) is 3.74. The van der Waals surface area contributed by atoms with E-state index in [1.807, 2.05) is 25.1 Å². The average molecular weight is 353 g/mol. The van der Waals surface area contributed by atoms with Crippen molar-refractivity contribution in [2.45, 2.75) is 25.8 Å². The summed E-state index contributed by atoms with van der Waals surface area (Å²) in [7, 11) is 1.52. The Balaban J connectivity index is 2.06. The number of phenols is 1. The molecule has 1 aromatic heterocycles. The quantitative estimate of drug-likeness (QED) is 0.557. The number of nitrogen functional groups attached to an aromatic ring is 1. The van der Waals surface area contributed by atoms with Crippen LogP contribution in [-0.4, -0.2) is 35.0 Å². The molecule has 1 saturated heterocycles. The van der Waals surface area contributed by atoms with Gasteiger partial charge in [0, 0.05) is 12.2 Å². The Morgan fingerprint density at radius 1 is 1.35 bits per heavy atom. The van der Waals surface area contributed by atoms with Crippen LogP contribution in [0.4, 0.5) is 5.69 Å². The standard InChI is InChI=1S/C20H23N3O3/c1-12-13(10-16(25-3)18(24)17(12)21)19-22-14-6-4-5-7-15(14)23(19)20(2)8-9-26-11-20/h4-7,10,24H,8-9,11,21H2,1-3H3. The molecule has 1 unspecified atom stereocenters. The highest BCUT2D eigenvalue weighted by molar-refractivity contribution is 5.84. The summed E-state index contributed by atoms with van der Waals surface area (Å²) in [6.45, 7) is 5.43. The molecule has 3 N–H and O–H groups in total. The molecule has 3 aromatic rings. The third-order valence-corrected chi connectivity index (χ3v) is 5.33. The normalized spacial score (nSPS) is 20.0. The molecular weight excluding hydrogens is 330 g/mol. The van der Waals surface area contributed by atoms with Gasteiger partial charge in [-0.25, -0.2) is 4.98 Å². The largest absolute Gasteiger partial charge is 0.503 e. The van der Waals surface area contributed by atoms with Gasteiger partial charge in [0.1, 0.15) is 5.82 Å². The summed E-state index contributed by atoms with van der Waals surface area (Å²) < 4.78 is 13.3. The smallest absolute Gasteiger partial charge is 0.181 e. The van der Waals surface area contributed by atoms with Gasteiger partial charge in [-0.1, -0.05) is 12.1 Å². The van der Waals surface area contributed by atoms with Crippen molar-refractivity contribution in [2.75, 3.05) is 26.1 Å². The number of hydrogen-bond acceptors (Lipinski definition) is 5. The zero-order chi connectivity index (χ0) is 18.5. The number of imidazole rings is 1. The molecule has 0 amide bonds. The summed E-state index contributed by atoms with van der Waals surface area (Å²) in [4.78, 5) is 4.89. The Hall–Kier alpha value is -2.73. The van der Waals surface area contributed by atoms with E-state index in [9.17, 15) is 5.11 Å². The number of hydrogen-bond donors (Lipinski definition) is 2. The van der Waals surface area contributed by atoms with Crippen molar-refractivity contribution in [1.29, 1.82) is 0 Å². The molecule has 0 aliphatic carbocycles. The summed E-state index contributed by atoms with van der Waals surface area (Å²) in [6, 6.07) is 9.88. The van der Waals surface area contributed by atoms with E-state index in [4.69, 9.17) is 20.2 Å². The monoisotopic (exact) mass is 353 g/mol. The number of para-hydroxylation sites is 2. The lowest BCUT2D eigenvalue weighted by atomic mass is 9.98. The molecule has 136 valence electrons. The molecule has 1 aliphatic rings. The summed E-state index contributed by atoms with van der Waals surface area (Å²) in [5, 5.41) is 10.2. The Morgan fingerprint density at radius 2 is 2.12 bits per heavy atom. The predicted octanol–water partition coefficient (Wildman–Crippen LogP) is 3.44. The molecule has 4 rings (SSSR count). The molecule has 1 aliphatic heterocycles. The van der Waals surface area contributed by atoms with Gasteiger partial charge in [0.25, 0.3) is 0 Å². The minimum Gasteiger partial charge on any atom is -0.503 e. The number of nitrogens with two attached hydrogens (primary N) is 1. The van der Waals surface area contributed by atoms with E-state index in [-0.39, 0.29) is 11.3 Å². The minimum absolute atomic E-state index is 0.0353. The average Bonchev–Trinajstić information content (AvgIpc) is 3.24. The van der Waals surface area contributed by atoms with E-state index >= 15 is 0 Å². The van der Waals surface area contributed by atoms with Crippen LogP contribution in [0.1, 0.15) is 18.9 Å². The minimum atomic E-state index is -0.197. The van der Waals surface area contributed by atoms with Crippen LogP contribution in [0.5, 0.6) is 11.5 Å². The molecule has 1 fully saturated rings. The maximum Gasteiger partial charge on any atom is 0.181 e. The maximum atomic E-state index is 10.2. The van der Waals surface area contributed by atoms with Crippen molar-refractivity contribution in [3.63, 3.8) is 0 Å². The van der Waals surface area contributed by atoms with Gasteiger partial charge in [-0.05, 0) is 44.0 Å². The first-order valence-corrected chi connectivity index (χ1v) is 8.68. The summed E-state index contributed by atoms with van der Waals surface area (Å²) >= 11 is 0. The molecule has 0 saturated carbocycles. The Kier molecular flexibility index (Phi) is 3.80. The van der Waals surface area contributed by atoms with E-state index in [1.54, 1.807) is 6.07 Å². The zero-order valence-corrected chi connectivity index (χ0v) is 15.2. The number of aromatic nitrogens is 2. The lowest BCUT2D eigenvalue weighted by molar-refractivity contribution is 0.164. The van der Waals surface area contributed by atoms with Crippen LogP contribution in [0.2, 0.25) is 0 Å². The number of nitrogens with zero attached hydrogens (tertiary/aromatic N) is 2. The van der Waals surface area contributed by atoms with Gasteiger partial charge in [-0.2, -0.15) is 0 Å². The van der Waals surface area contributed by atoms with Crippen molar-refractivity contribution in [2.24, 2.45) is 0 Å². The first kappa shape index (κ1) is 16.7. The molecule has 2 aromatic carbocycles. The van der Waals surface area contributed by atoms with Gasteiger partial charge in [-0.3, -0.25) is 0 Å². The van der Waals surface area contributed by atoms with Gasteiger partial charge >= 0.3 is 0 Å². The number of fused-ring (bicyclic) bond motifs is 1. The second kappa shape index (κ2) is 5.92. The second-order valence-electron chi connectivity index (χ2n) is 7.07. The molecule has 6 nitrogen and oxygen atoms in total. The van der Waals surface area contributed by atoms with Crippen molar-refractivity contribution in [3.05, 3.63) is 35.9 Å². The molecule has 26 heavy (non-hydrogen) atoms. The first-order chi connectivity index (χ1) is 12.5. The first-order valence-electron chi connectivity index (χ1n) is 8.68. The van der Waals surface area contributed by atoms with Gasteiger partial charge in [0.15, 0.2) is 11.5 Å². The van der Waals surface area contributed by atoms with Crippen molar-refractivity contribution < 1.29 is 14.6 Å². The van der Waals surface area contributed by atoms with Gasteiger partial charge in [0.05, 0.1) is 36.0 Å². The van der Waals surface area contributed by atoms with Crippen LogP contribution < -0.4 is 10.5 Å². The molecule has 0 spiro atoms. The lowest BCUT2D eigenvalue weighted by Gasteiger charge is -2.28. The number of methoxy groups -OCH3 is 1. The van der Waals surface area contributed by atoms with Crippen LogP contribution in [0, 0.1) is 6.92 Å². The van der Waals surface area contributed by atoms with Crippen LogP contribution in [0.15, 0.2) is 30.3 Å². The van der Waals surface area contributed by atoms with E-state index in [0.29, 0.717) is 18.0 Å². The molecule has 6 heteroatoms. The summed E-state index contributed by atoms with van der Waals surface area (Å²) in [5.41, 5.74) is 9.85. The SMILES string of the molecule is COc1cc(-c2nc3ccccc3n2C2(C)CCOC2)c(C)c(N)c1O. The zero-order valence-electron chi connectivity index (χ0n) is 15.2. The highest BCUT2D eigenvalue weighted by Gasteiger charge is 2.36. The molecule has 0 bridgehead atoms. The number of anilines is 1. The van der Waals surface area contributed by atoms with E-state index in [1.165, 1.54) is 7.11 Å². The third kappa shape index (κ3) is 2.33. The van der Waals surface area contributed by atoms with E-state index in [2.05, 4.69) is 17.6 Å². The highest BCUT2D eigenvalue weighted by Crippen LogP contribution is 2.43. The number of phenolic OH excluding ortho intramolecular Hbond substituents is 1. The predicted molar refractivity (Wildman–Crippen MR) is 102 cm³/mol. The fraction of sp³-hybridized carbons (Fsp3) is 0.350. The number of rotatable bonds is 3. The van der Waals surface area contributed by atoms with Gasteiger partial charge in [-0.15, -0.1) is 0 Å². The van der Waals surface area contributed by atoms with Crippen LogP contribution in [-0.2, 0) is 10.3 Å². The van der Waals surface area contributed by atoms with Crippen LogP contribution in [0.3, 0.4) is 0 Å². The molecule has 0 radical (unpaired) electrons. The van der Waals surface area contributed by atoms with Crippen molar-refractivity contribution in [1.82, 2.24) is 9.55 Å². The van der Waals surface area contributed by atoms with Crippen molar-refractivity contribution >= 4 is 16.7 Å². The summed E-state index contributed by atoms with van der Waals surface area (Å²) in [5.74, 6) is 1.11. The molecular formula is C20H23N3O3. The number of ether oxygens (including phenoxy) is 2. The van der Waals surface area contributed by atoms with Gasteiger partial charge < -0.3 is 24.9 Å². The number of benzene rings is 2. The lowest BCUT2D eigenvalue weighted by Crippen LogP contribution is -2.31. The fourth-order valence-corrected chi connectivity index (χ4v) is 3.74. The van der Waals surface area contributed by atoms with Crippen LogP contribution in [0.25, 0.3) is 22.4 Å². The maximum absolute atomic E-state index is 10.2. The molecule has 1 atom stereocenters. The second-order valence-corrected chi connectivity index (χ2v) is 7.07. The summed E-state index contributed by atoms with van der Waals surface area (Å²) in [6.07, 6.45) is 0.907. The third-order valence-electron chi connectivity index (χ3n) is 5.33. The Morgan fingerprint density at radius 3 is 2.81 bits per heavy atom. The van der Waals surface area contributed by atoms with Gasteiger partial charge in [0.2, 0.25) is 0 Å². The highest BCUT2D eigenvalue weighted by atomic mass is 16.5. The molecule has 2 heterocycles. The Bertz CT molecular complexity index is 988. The van der Waals surface area contributed by atoms with E-state index < -0.39 is 0 Å². The van der Waals surface area contributed by atoms with Crippen LogP contribution >= 0.6 is 0 Å². The number of aromatic hydroxyl groups is 1. The van der Waals surface area contributed by atoms with Crippen molar-refractivity contribution in [3.8, 4) is 22.9 Å². The Labute approximate surface area is 152 Å². The topological polar surface area (TPSA) is 82.5 Å². The van der Waals surface area contributed by atoms with E-state index in [0.717, 1.165) is 41.0 Å².